The van der Waals surface area contributed by atoms with Gasteiger partial charge >= 0.3 is 0 Å². The molecule has 4 rings (SSSR count). The smallest absolute Gasteiger partial charge is 0.254 e. The van der Waals surface area contributed by atoms with Crippen LogP contribution in [-0.4, -0.2) is 55.9 Å². The highest BCUT2D eigenvalue weighted by molar-refractivity contribution is 7.89. The Morgan fingerprint density at radius 3 is 2.59 bits per heavy atom. The predicted molar refractivity (Wildman–Crippen MR) is 97.6 cm³/mol. The Labute approximate surface area is 158 Å². The molecule has 1 saturated heterocycles. The van der Waals surface area contributed by atoms with E-state index < -0.39 is 10.0 Å². The van der Waals surface area contributed by atoms with E-state index >= 15 is 0 Å². The Hall–Kier alpha value is -2.16. The summed E-state index contributed by atoms with van der Waals surface area (Å²) >= 11 is 0. The van der Waals surface area contributed by atoms with Crippen molar-refractivity contribution in [3.63, 3.8) is 0 Å². The number of hydrogen-bond acceptors (Lipinski definition) is 5. The summed E-state index contributed by atoms with van der Waals surface area (Å²) in [5.74, 6) is 0.542. The van der Waals surface area contributed by atoms with Crippen LogP contribution in [-0.2, 0) is 21.3 Å². The Balaban J connectivity index is 1.58. The van der Waals surface area contributed by atoms with Crippen LogP contribution in [0.15, 0.2) is 52.0 Å². The highest BCUT2D eigenvalue weighted by atomic mass is 32.2. The molecule has 2 aromatic rings. The largest absolute Gasteiger partial charge is 0.467 e. The molecule has 1 amide bonds. The van der Waals surface area contributed by atoms with Crippen molar-refractivity contribution in [1.82, 2.24) is 9.21 Å². The number of ether oxygens (including phenoxy) is 1. The van der Waals surface area contributed by atoms with E-state index in [0.29, 0.717) is 44.2 Å². The first-order valence-electron chi connectivity index (χ1n) is 9.07. The molecule has 27 heavy (non-hydrogen) atoms. The summed E-state index contributed by atoms with van der Waals surface area (Å²) in [5.41, 5.74) is 0.378. The molecule has 7 nitrogen and oxygen atoms in total. The van der Waals surface area contributed by atoms with E-state index in [9.17, 15) is 13.2 Å². The zero-order chi connectivity index (χ0) is 18.9. The van der Waals surface area contributed by atoms with Gasteiger partial charge in [-0.1, -0.05) is 6.07 Å². The molecule has 144 valence electrons. The summed E-state index contributed by atoms with van der Waals surface area (Å²) in [7, 11) is -3.63. The second-order valence-corrected chi connectivity index (χ2v) is 8.73. The summed E-state index contributed by atoms with van der Waals surface area (Å²) in [6, 6.07) is 10.1. The zero-order valence-corrected chi connectivity index (χ0v) is 15.7. The molecule has 0 spiro atoms. The van der Waals surface area contributed by atoms with Gasteiger partial charge < -0.3 is 14.1 Å². The number of rotatable bonds is 6. The minimum Gasteiger partial charge on any atom is -0.467 e. The molecule has 1 aliphatic heterocycles. The molecule has 1 saturated carbocycles. The first-order valence-corrected chi connectivity index (χ1v) is 10.5. The number of carbonyl (C=O) groups excluding carboxylic acids is 1. The molecule has 1 aromatic heterocycles. The van der Waals surface area contributed by atoms with Crippen LogP contribution in [0.2, 0.25) is 0 Å². The normalized spacial score (nSPS) is 18.4. The van der Waals surface area contributed by atoms with Crippen molar-refractivity contribution in [2.24, 2.45) is 0 Å². The lowest BCUT2D eigenvalue weighted by Gasteiger charge is -2.26. The topological polar surface area (TPSA) is 80.1 Å². The van der Waals surface area contributed by atoms with Gasteiger partial charge in [0, 0.05) is 24.7 Å². The van der Waals surface area contributed by atoms with Crippen molar-refractivity contribution in [1.29, 1.82) is 0 Å². The summed E-state index contributed by atoms with van der Waals surface area (Å²) in [6.45, 7) is 1.81. The average molecular weight is 390 g/mol. The number of furan rings is 1. The lowest BCUT2D eigenvalue weighted by atomic mass is 10.2. The Bertz CT molecular complexity index is 900. The van der Waals surface area contributed by atoms with Crippen molar-refractivity contribution in [2.75, 3.05) is 26.3 Å². The van der Waals surface area contributed by atoms with Gasteiger partial charge in [0.2, 0.25) is 10.0 Å². The number of sulfonamides is 1. The van der Waals surface area contributed by atoms with Crippen LogP contribution in [0.5, 0.6) is 0 Å². The van der Waals surface area contributed by atoms with Crippen LogP contribution in [0, 0.1) is 0 Å². The van der Waals surface area contributed by atoms with Crippen LogP contribution < -0.4 is 0 Å². The molecule has 2 fully saturated rings. The maximum Gasteiger partial charge on any atom is 0.254 e. The fourth-order valence-corrected chi connectivity index (χ4v) is 4.67. The second kappa shape index (κ2) is 7.46. The molecular weight excluding hydrogens is 368 g/mol. The van der Waals surface area contributed by atoms with Crippen LogP contribution in [0.1, 0.15) is 29.0 Å². The van der Waals surface area contributed by atoms with Gasteiger partial charge in [0.15, 0.2) is 0 Å². The summed E-state index contributed by atoms with van der Waals surface area (Å²) < 4.78 is 37.7. The summed E-state index contributed by atoms with van der Waals surface area (Å²) in [5, 5.41) is 0. The molecule has 0 N–H and O–H groups in total. The van der Waals surface area contributed by atoms with Gasteiger partial charge in [-0.3, -0.25) is 4.79 Å². The first-order chi connectivity index (χ1) is 13.1. The van der Waals surface area contributed by atoms with Crippen molar-refractivity contribution in [2.45, 2.75) is 30.3 Å². The van der Waals surface area contributed by atoms with Gasteiger partial charge in [-0.15, -0.1) is 0 Å². The van der Waals surface area contributed by atoms with Gasteiger partial charge in [0.25, 0.3) is 5.91 Å². The number of morpholine rings is 1. The SMILES string of the molecule is O=C(c1cccc(S(=O)(=O)N2CCOCC2)c1)N(Cc1ccco1)C1CC1. The van der Waals surface area contributed by atoms with E-state index in [4.69, 9.17) is 9.15 Å². The molecule has 0 radical (unpaired) electrons. The van der Waals surface area contributed by atoms with Gasteiger partial charge in [-0.25, -0.2) is 8.42 Å². The Kier molecular flexibility index (Phi) is 5.03. The summed E-state index contributed by atoms with van der Waals surface area (Å²) in [6.07, 6.45) is 3.50. The summed E-state index contributed by atoms with van der Waals surface area (Å²) in [4.78, 5) is 15.0. The molecule has 0 atom stereocenters. The van der Waals surface area contributed by atoms with E-state index in [1.807, 2.05) is 6.07 Å². The third kappa shape index (κ3) is 3.92. The minimum absolute atomic E-state index is 0.143. The van der Waals surface area contributed by atoms with E-state index in [-0.39, 0.29) is 16.8 Å². The van der Waals surface area contributed by atoms with E-state index in [1.54, 1.807) is 29.4 Å². The second-order valence-electron chi connectivity index (χ2n) is 6.79. The van der Waals surface area contributed by atoms with Crippen LogP contribution in [0.4, 0.5) is 0 Å². The van der Waals surface area contributed by atoms with Crippen molar-refractivity contribution in [3.8, 4) is 0 Å². The van der Waals surface area contributed by atoms with E-state index in [2.05, 4.69) is 0 Å². The third-order valence-corrected chi connectivity index (χ3v) is 6.74. The third-order valence-electron chi connectivity index (χ3n) is 4.84. The van der Waals surface area contributed by atoms with Crippen LogP contribution in [0.3, 0.4) is 0 Å². The standard InChI is InChI=1S/C19H22N2O5S/c22-19(21(16-6-7-16)14-17-4-2-10-26-17)15-3-1-5-18(13-15)27(23,24)20-8-11-25-12-9-20/h1-5,10,13,16H,6-9,11-12,14H2. The molecule has 1 aliphatic carbocycles. The van der Waals surface area contributed by atoms with Gasteiger partial charge in [-0.05, 0) is 43.2 Å². The highest BCUT2D eigenvalue weighted by Crippen LogP contribution is 2.30. The van der Waals surface area contributed by atoms with Crippen molar-refractivity contribution >= 4 is 15.9 Å². The Morgan fingerprint density at radius 1 is 1.15 bits per heavy atom. The van der Waals surface area contributed by atoms with E-state index in [0.717, 1.165) is 12.8 Å². The highest BCUT2D eigenvalue weighted by Gasteiger charge is 2.34. The molecule has 0 bridgehead atoms. The van der Waals surface area contributed by atoms with Gasteiger partial charge in [0.1, 0.15) is 5.76 Å². The van der Waals surface area contributed by atoms with E-state index in [1.165, 1.54) is 16.4 Å². The molecule has 8 heteroatoms. The Morgan fingerprint density at radius 2 is 1.93 bits per heavy atom. The molecular formula is C19H22N2O5S. The molecule has 2 heterocycles. The predicted octanol–water partition coefficient (Wildman–Crippen LogP) is 2.11. The number of hydrogen-bond donors (Lipinski definition) is 0. The average Bonchev–Trinajstić information content (AvgIpc) is 3.42. The van der Waals surface area contributed by atoms with Crippen molar-refractivity contribution in [3.05, 3.63) is 54.0 Å². The van der Waals surface area contributed by atoms with Gasteiger partial charge in [0.05, 0.1) is 30.9 Å². The van der Waals surface area contributed by atoms with Crippen LogP contribution >= 0.6 is 0 Å². The van der Waals surface area contributed by atoms with Crippen molar-refractivity contribution < 1.29 is 22.4 Å². The number of amides is 1. The minimum atomic E-state index is -3.63. The zero-order valence-electron chi connectivity index (χ0n) is 14.9. The molecule has 2 aliphatic rings. The first kappa shape index (κ1) is 18.2. The maximum atomic E-state index is 13.1. The fourth-order valence-electron chi connectivity index (χ4n) is 3.21. The maximum absolute atomic E-state index is 13.1. The lowest BCUT2D eigenvalue weighted by Crippen LogP contribution is -2.40. The quantitative estimate of drug-likeness (QED) is 0.755. The number of benzene rings is 1. The number of carbonyl (C=O) groups is 1. The molecule has 0 unspecified atom stereocenters. The monoisotopic (exact) mass is 390 g/mol. The molecule has 1 aromatic carbocycles. The van der Waals surface area contributed by atoms with Gasteiger partial charge in [-0.2, -0.15) is 4.31 Å². The fraction of sp³-hybridized carbons (Fsp3) is 0.421. The van der Waals surface area contributed by atoms with Crippen LogP contribution in [0.25, 0.3) is 0 Å². The number of nitrogens with zero attached hydrogens (tertiary/aromatic N) is 2. The lowest BCUT2D eigenvalue weighted by molar-refractivity contribution is 0.0716.